The lowest BCUT2D eigenvalue weighted by Gasteiger charge is -2.16. The smallest absolute Gasteiger partial charge is 0.411 e. The summed E-state index contributed by atoms with van der Waals surface area (Å²) < 4.78 is 28.8. The Labute approximate surface area is 198 Å². The molecular weight excluding hydrogens is 470 g/mol. The zero-order valence-corrected chi connectivity index (χ0v) is 19.7. The van der Waals surface area contributed by atoms with E-state index in [4.69, 9.17) is 16.3 Å². The molecule has 0 spiro atoms. The molecule has 0 aliphatic carbocycles. The van der Waals surface area contributed by atoms with Gasteiger partial charge in [-0.3, -0.25) is 19.6 Å². The van der Waals surface area contributed by atoms with Crippen LogP contribution in [-0.4, -0.2) is 41.9 Å². The lowest BCUT2D eigenvalue weighted by atomic mass is 10.2. The van der Waals surface area contributed by atoms with Crippen molar-refractivity contribution in [2.75, 3.05) is 16.2 Å². The molecule has 0 aliphatic rings. The zero-order valence-electron chi connectivity index (χ0n) is 18.1. The van der Waals surface area contributed by atoms with Gasteiger partial charge in [-0.1, -0.05) is 29.3 Å². The molecule has 1 atom stereocenters. The predicted molar refractivity (Wildman–Crippen MR) is 125 cm³/mol. The molecule has 33 heavy (non-hydrogen) atoms. The standard InChI is InChI=1S/C21H22ClN5O5S/c1-4-32-21(29)25-15-9-17(22)18(23-10-15)11-26-12-19(24-14(26)3)20(28)27(33(30)31)16-7-5-13(2)6-8-16/h5-10,12H,4,11H2,1-3H3,(H,25,29)(H,30,31). The largest absolute Gasteiger partial charge is 0.450 e. The van der Waals surface area contributed by atoms with Gasteiger partial charge in [-0.2, -0.15) is 0 Å². The molecule has 0 aliphatic heterocycles. The number of amides is 2. The molecule has 2 N–H and O–H groups in total. The van der Waals surface area contributed by atoms with Crippen molar-refractivity contribution in [1.29, 1.82) is 0 Å². The molecule has 12 heteroatoms. The van der Waals surface area contributed by atoms with Crippen LogP contribution >= 0.6 is 11.6 Å². The second kappa shape index (κ2) is 10.6. The van der Waals surface area contributed by atoms with Crippen LogP contribution in [0.2, 0.25) is 5.02 Å². The predicted octanol–water partition coefficient (Wildman–Crippen LogP) is 3.95. The second-order valence-corrected chi connectivity index (χ2v) is 8.20. The Morgan fingerprint density at radius 1 is 1.27 bits per heavy atom. The number of rotatable bonds is 7. The van der Waals surface area contributed by atoms with E-state index < -0.39 is 23.3 Å². The van der Waals surface area contributed by atoms with E-state index >= 15 is 0 Å². The quantitative estimate of drug-likeness (QED) is 0.479. The molecule has 2 aromatic heterocycles. The number of nitrogens with zero attached hydrogens (tertiary/aromatic N) is 4. The van der Waals surface area contributed by atoms with Crippen LogP contribution in [0.15, 0.2) is 42.7 Å². The van der Waals surface area contributed by atoms with Crippen molar-refractivity contribution in [2.45, 2.75) is 27.3 Å². The maximum absolute atomic E-state index is 13.0. The molecule has 0 saturated carbocycles. The van der Waals surface area contributed by atoms with Crippen LogP contribution in [0.3, 0.4) is 0 Å². The number of pyridine rings is 1. The summed E-state index contributed by atoms with van der Waals surface area (Å²) in [5.74, 6) is -0.243. The number of hydrogen-bond acceptors (Lipinski definition) is 6. The van der Waals surface area contributed by atoms with E-state index in [9.17, 15) is 18.4 Å². The Bertz CT molecular complexity index is 1200. The number of imidazole rings is 1. The van der Waals surface area contributed by atoms with Crippen molar-refractivity contribution in [3.05, 3.63) is 70.5 Å². The van der Waals surface area contributed by atoms with Gasteiger partial charge in [0, 0.05) is 6.20 Å². The molecule has 0 saturated heterocycles. The summed E-state index contributed by atoms with van der Waals surface area (Å²) in [4.78, 5) is 33.0. The van der Waals surface area contributed by atoms with Gasteiger partial charge in [-0.05, 0) is 39.0 Å². The van der Waals surface area contributed by atoms with Crippen molar-refractivity contribution < 1.29 is 23.1 Å². The average molecular weight is 492 g/mol. The maximum atomic E-state index is 13.0. The van der Waals surface area contributed by atoms with Gasteiger partial charge in [0.05, 0.1) is 41.4 Å². The van der Waals surface area contributed by atoms with Crippen molar-refractivity contribution in [3.8, 4) is 0 Å². The van der Waals surface area contributed by atoms with Gasteiger partial charge in [-0.25, -0.2) is 18.3 Å². The first-order valence-corrected chi connectivity index (χ1v) is 11.3. The van der Waals surface area contributed by atoms with E-state index in [2.05, 4.69) is 15.3 Å². The topological polar surface area (TPSA) is 127 Å². The van der Waals surface area contributed by atoms with Crippen LogP contribution in [0.1, 0.15) is 34.5 Å². The van der Waals surface area contributed by atoms with Crippen LogP contribution in [0.5, 0.6) is 0 Å². The van der Waals surface area contributed by atoms with Gasteiger partial charge in [0.1, 0.15) is 11.5 Å². The second-order valence-electron chi connectivity index (χ2n) is 6.97. The van der Waals surface area contributed by atoms with Gasteiger partial charge >= 0.3 is 6.09 Å². The molecular formula is C21H22ClN5O5S. The lowest BCUT2D eigenvalue weighted by molar-refractivity contribution is 0.100. The fraction of sp³-hybridized carbons (Fsp3) is 0.238. The first kappa shape index (κ1) is 24.4. The van der Waals surface area contributed by atoms with Gasteiger partial charge in [-0.15, -0.1) is 0 Å². The summed E-state index contributed by atoms with van der Waals surface area (Å²) in [6.07, 6.45) is 2.29. The monoisotopic (exact) mass is 491 g/mol. The minimum atomic E-state index is -2.58. The highest BCUT2D eigenvalue weighted by Crippen LogP contribution is 2.22. The van der Waals surface area contributed by atoms with Gasteiger partial charge < -0.3 is 9.30 Å². The normalized spacial score (nSPS) is 11.7. The number of nitrogens with one attached hydrogen (secondary N) is 1. The minimum Gasteiger partial charge on any atom is -0.450 e. The molecule has 3 aromatic rings. The van der Waals surface area contributed by atoms with Crippen LogP contribution in [0.4, 0.5) is 16.2 Å². The number of benzene rings is 1. The summed E-state index contributed by atoms with van der Waals surface area (Å²) >= 11 is 3.73. The van der Waals surface area contributed by atoms with Crippen LogP contribution in [-0.2, 0) is 22.5 Å². The number of aromatic nitrogens is 3. The van der Waals surface area contributed by atoms with Crippen molar-refractivity contribution in [1.82, 2.24) is 14.5 Å². The van der Waals surface area contributed by atoms with E-state index in [0.717, 1.165) is 9.87 Å². The fourth-order valence-corrected chi connectivity index (χ4v) is 3.69. The number of carbonyl (C=O) groups is 2. The molecule has 174 valence electrons. The number of aryl methyl sites for hydroxylation is 2. The molecule has 1 aromatic carbocycles. The maximum Gasteiger partial charge on any atom is 0.411 e. The molecule has 1 unspecified atom stereocenters. The molecule has 2 amide bonds. The van der Waals surface area contributed by atoms with Gasteiger partial charge in [0.2, 0.25) is 0 Å². The van der Waals surface area contributed by atoms with Gasteiger partial charge in [0.15, 0.2) is 0 Å². The third kappa shape index (κ3) is 5.95. The molecule has 10 nitrogen and oxygen atoms in total. The van der Waals surface area contributed by atoms with Gasteiger partial charge in [0.25, 0.3) is 17.2 Å². The SMILES string of the molecule is CCOC(=O)Nc1cnc(Cn2cc(C(=O)N(c3ccc(C)cc3)S(=O)O)nc2C)c(Cl)c1. The molecule has 0 radical (unpaired) electrons. The van der Waals surface area contributed by atoms with Crippen molar-refractivity contribution >= 4 is 46.2 Å². The minimum absolute atomic E-state index is 0.00723. The fourth-order valence-electron chi connectivity index (χ4n) is 2.93. The number of hydrogen-bond donors (Lipinski definition) is 2. The lowest BCUT2D eigenvalue weighted by Crippen LogP contribution is -2.32. The van der Waals surface area contributed by atoms with Crippen LogP contribution in [0, 0.1) is 13.8 Å². The van der Waals surface area contributed by atoms with E-state index in [1.54, 1.807) is 42.7 Å². The molecule has 2 heterocycles. The Kier molecular flexibility index (Phi) is 7.79. The highest BCUT2D eigenvalue weighted by Gasteiger charge is 2.26. The summed E-state index contributed by atoms with van der Waals surface area (Å²) in [7, 11) is 0. The van der Waals surface area contributed by atoms with E-state index in [0.29, 0.717) is 22.2 Å². The Morgan fingerprint density at radius 2 is 1.97 bits per heavy atom. The first-order chi connectivity index (χ1) is 15.7. The van der Waals surface area contributed by atoms with Crippen LogP contribution < -0.4 is 9.62 Å². The highest BCUT2D eigenvalue weighted by atomic mass is 35.5. The third-order valence-corrected chi connectivity index (χ3v) is 5.58. The number of carbonyl (C=O) groups excluding carboxylic acids is 2. The highest BCUT2D eigenvalue weighted by molar-refractivity contribution is 7.81. The van der Waals surface area contributed by atoms with E-state index in [1.165, 1.54) is 18.5 Å². The Morgan fingerprint density at radius 3 is 2.58 bits per heavy atom. The number of halogens is 1. The molecule has 0 bridgehead atoms. The van der Waals surface area contributed by atoms with Crippen molar-refractivity contribution in [2.24, 2.45) is 0 Å². The van der Waals surface area contributed by atoms with Crippen molar-refractivity contribution in [3.63, 3.8) is 0 Å². The first-order valence-electron chi connectivity index (χ1n) is 9.83. The zero-order chi connectivity index (χ0) is 24.1. The number of anilines is 2. The third-order valence-electron chi connectivity index (χ3n) is 4.56. The van der Waals surface area contributed by atoms with E-state index in [1.807, 2.05) is 6.92 Å². The van der Waals surface area contributed by atoms with Crippen LogP contribution in [0.25, 0.3) is 0 Å². The summed E-state index contributed by atoms with van der Waals surface area (Å²) in [6, 6.07) is 8.18. The average Bonchev–Trinajstić information content (AvgIpc) is 3.12. The summed E-state index contributed by atoms with van der Waals surface area (Å²) in [6.45, 7) is 5.68. The molecule has 0 fully saturated rings. The summed E-state index contributed by atoms with van der Waals surface area (Å²) in [5.41, 5.74) is 2.06. The molecule has 3 rings (SSSR count). The summed E-state index contributed by atoms with van der Waals surface area (Å²) in [5, 5.41) is 2.81. The number of ether oxygens (including phenoxy) is 1. The van der Waals surface area contributed by atoms with E-state index in [-0.39, 0.29) is 24.5 Å². The Hall–Kier alpha value is -3.28. The Balaban J connectivity index is 1.81.